The lowest BCUT2D eigenvalue weighted by Crippen LogP contribution is -1.95. The van der Waals surface area contributed by atoms with E-state index in [0.29, 0.717) is 17.1 Å². The van der Waals surface area contributed by atoms with Crippen molar-refractivity contribution in [2.45, 2.75) is 6.92 Å². The van der Waals surface area contributed by atoms with E-state index in [-0.39, 0.29) is 5.56 Å². The van der Waals surface area contributed by atoms with Crippen LogP contribution in [0.1, 0.15) is 16.1 Å². The molecule has 0 amide bonds. The van der Waals surface area contributed by atoms with Crippen molar-refractivity contribution in [1.82, 2.24) is 10.1 Å². The second kappa shape index (κ2) is 5.20. The fraction of sp³-hybridized carbons (Fsp3) is 0.0625. The van der Waals surface area contributed by atoms with Crippen LogP contribution in [0.3, 0.4) is 0 Å². The molecule has 5 heteroatoms. The third-order valence-corrected chi connectivity index (χ3v) is 3.19. The maximum Gasteiger partial charge on any atom is 0.335 e. The largest absolute Gasteiger partial charge is 0.478 e. The average molecular weight is 280 g/mol. The topological polar surface area (TPSA) is 76.2 Å². The minimum absolute atomic E-state index is 0.243. The Morgan fingerprint density at radius 1 is 1.14 bits per heavy atom. The number of carboxylic acids is 1. The molecule has 21 heavy (non-hydrogen) atoms. The number of hydrogen-bond donors (Lipinski definition) is 1. The maximum atomic E-state index is 10.9. The quantitative estimate of drug-likeness (QED) is 0.795. The molecule has 3 aromatic rings. The minimum atomic E-state index is -0.950. The van der Waals surface area contributed by atoms with E-state index in [0.717, 1.165) is 11.1 Å². The first-order valence-corrected chi connectivity index (χ1v) is 6.38. The van der Waals surface area contributed by atoms with Crippen LogP contribution < -0.4 is 0 Å². The van der Waals surface area contributed by atoms with Crippen LogP contribution in [0, 0.1) is 6.92 Å². The van der Waals surface area contributed by atoms with Gasteiger partial charge in [-0.05, 0) is 36.8 Å². The van der Waals surface area contributed by atoms with Gasteiger partial charge in [0.25, 0.3) is 0 Å². The Bertz CT molecular complexity index is 777. The van der Waals surface area contributed by atoms with Gasteiger partial charge in [0.1, 0.15) is 11.5 Å². The van der Waals surface area contributed by atoms with Gasteiger partial charge in [0.15, 0.2) is 0 Å². The predicted molar refractivity (Wildman–Crippen MR) is 76.9 cm³/mol. The molecule has 1 aromatic carbocycles. The highest BCUT2D eigenvalue weighted by molar-refractivity contribution is 5.89. The third-order valence-electron chi connectivity index (χ3n) is 3.19. The number of hydrogen-bond acceptors (Lipinski definition) is 4. The van der Waals surface area contributed by atoms with Crippen molar-refractivity contribution >= 4 is 5.97 Å². The molecule has 1 N–H and O–H groups in total. The van der Waals surface area contributed by atoms with E-state index in [1.54, 1.807) is 30.5 Å². The predicted octanol–water partition coefficient (Wildman–Crippen LogP) is 3.41. The highest BCUT2D eigenvalue weighted by Gasteiger charge is 2.17. The molecule has 3 rings (SSSR count). The monoisotopic (exact) mass is 280 g/mol. The molecule has 0 aliphatic carbocycles. The van der Waals surface area contributed by atoms with Crippen LogP contribution in [-0.2, 0) is 0 Å². The number of rotatable bonds is 3. The van der Waals surface area contributed by atoms with Crippen LogP contribution in [0.2, 0.25) is 0 Å². The van der Waals surface area contributed by atoms with E-state index in [9.17, 15) is 4.79 Å². The van der Waals surface area contributed by atoms with Crippen molar-refractivity contribution in [3.8, 4) is 22.5 Å². The number of carbonyl (C=O) groups is 1. The summed E-state index contributed by atoms with van der Waals surface area (Å²) in [6, 6.07) is 12.2. The number of benzene rings is 1. The van der Waals surface area contributed by atoms with Gasteiger partial charge in [-0.2, -0.15) is 0 Å². The molecule has 0 aliphatic heterocycles. The summed E-state index contributed by atoms with van der Waals surface area (Å²) in [5.74, 6) is -0.285. The molecule has 0 fully saturated rings. The zero-order valence-electron chi connectivity index (χ0n) is 11.3. The summed E-state index contributed by atoms with van der Waals surface area (Å²) < 4.78 is 5.28. The van der Waals surface area contributed by atoms with Crippen molar-refractivity contribution in [3.63, 3.8) is 0 Å². The smallest absolute Gasteiger partial charge is 0.335 e. The van der Waals surface area contributed by atoms with Crippen molar-refractivity contribution in [2.24, 2.45) is 0 Å². The fourth-order valence-corrected chi connectivity index (χ4v) is 2.17. The Hall–Kier alpha value is -2.95. The highest BCUT2D eigenvalue weighted by Crippen LogP contribution is 2.33. The second-order valence-corrected chi connectivity index (χ2v) is 4.56. The van der Waals surface area contributed by atoms with Crippen molar-refractivity contribution in [3.05, 3.63) is 60.0 Å². The second-order valence-electron chi connectivity index (χ2n) is 4.56. The molecule has 0 atom stereocenters. The SMILES string of the molecule is Cc1onc(-c2ccccn2)c1-c1ccc(C(=O)O)cc1. The zero-order valence-corrected chi connectivity index (χ0v) is 11.3. The van der Waals surface area contributed by atoms with Crippen molar-refractivity contribution in [1.29, 1.82) is 0 Å². The summed E-state index contributed by atoms with van der Waals surface area (Å²) in [5, 5.41) is 13.0. The molecule has 0 saturated carbocycles. The van der Waals surface area contributed by atoms with Gasteiger partial charge in [-0.15, -0.1) is 0 Å². The molecule has 104 valence electrons. The number of carboxylic acid groups (broad SMARTS) is 1. The van der Waals surface area contributed by atoms with Gasteiger partial charge in [-0.25, -0.2) is 4.79 Å². The Morgan fingerprint density at radius 3 is 2.52 bits per heavy atom. The van der Waals surface area contributed by atoms with Gasteiger partial charge >= 0.3 is 5.97 Å². The Balaban J connectivity index is 2.10. The summed E-state index contributed by atoms with van der Waals surface area (Å²) in [5.41, 5.74) is 3.28. The van der Waals surface area contributed by atoms with Crippen LogP contribution >= 0.6 is 0 Å². The molecule has 5 nitrogen and oxygen atoms in total. The van der Waals surface area contributed by atoms with Gasteiger partial charge in [-0.1, -0.05) is 23.4 Å². The number of aromatic nitrogens is 2. The van der Waals surface area contributed by atoms with Gasteiger partial charge in [-0.3, -0.25) is 4.98 Å². The summed E-state index contributed by atoms with van der Waals surface area (Å²) in [6.45, 7) is 1.82. The summed E-state index contributed by atoms with van der Waals surface area (Å²) in [4.78, 5) is 15.2. The van der Waals surface area contributed by atoms with Crippen LogP contribution in [0.4, 0.5) is 0 Å². The van der Waals surface area contributed by atoms with E-state index in [1.807, 2.05) is 25.1 Å². The summed E-state index contributed by atoms with van der Waals surface area (Å²) in [6.07, 6.45) is 1.69. The number of nitrogens with zero attached hydrogens (tertiary/aromatic N) is 2. The van der Waals surface area contributed by atoms with Crippen LogP contribution in [0.25, 0.3) is 22.5 Å². The molecule has 0 bridgehead atoms. The van der Waals surface area contributed by atoms with Crippen LogP contribution in [0.5, 0.6) is 0 Å². The lowest BCUT2D eigenvalue weighted by molar-refractivity contribution is 0.0697. The standard InChI is InChI=1S/C16H12N2O3/c1-10-14(11-5-7-12(8-6-11)16(19)20)15(18-21-10)13-4-2-3-9-17-13/h2-9H,1H3,(H,19,20). The normalized spacial score (nSPS) is 10.5. The summed E-state index contributed by atoms with van der Waals surface area (Å²) in [7, 11) is 0. The Morgan fingerprint density at radius 2 is 1.90 bits per heavy atom. The molecule has 0 aliphatic rings. The Kier molecular flexibility index (Phi) is 3.23. The fourth-order valence-electron chi connectivity index (χ4n) is 2.17. The van der Waals surface area contributed by atoms with E-state index in [2.05, 4.69) is 10.1 Å². The molecular formula is C16H12N2O3. The maximum absolute atomic E-state index is 10.9. The van der Waals surface area contributed by atoms with E-state index in [1.165, 1.54) is 0 Å². The molecule has 2 aromatic heterocycles. The highest BCUT2D eigenvalue weighted by atomic mass is 16.5. The first-order chi connectivity index (χ1) is 10.2. The molecule has 2 heterocycles. The number of pyridine rings is 1. The van der Waals surface area contributed by atoms with E-state index in [4.69, 9.17) is 9.63 Å². The molecule has 0 unspecified atom stereocenters. The van der Waals surface area contributed by atoms with Gasteiger partial charge in [0, 0.05) is 6.20 Å². The van der Waals surface area contributed by atoms with Gasteiger partial charge in [0.05, 0.1) is 16.8 Å². The average Bonchev–Trinajstić information content (AvgIpc) is 2.90. The lowest BCUT2D eigenvalue weighted by Gasteiger charge is -2.03. The summed E-state index contributed by atoms with van der Waals surface area (Å²) >= 11 is 0. The Labute approximate surface area is 120 Å². The van der Waals surface area contributed by atoms with Crippen LogP contribution in [-0.4, -0.2) is 21.2 Å². The van der Waals surface area contributed by atoms with Crippen molar-refractivity contribution in [2.75, 3.05) is 0 Å². The number of aromatic carboxylic acids is 1. The first-order valence-electron chi connectivity index (χ1n) is 6.38. The van der Waals surface area contributed by atoms with E-state index >= 15 is 0 Å². The minimum Gasteiger partial charge on any atom is -0.478 e. The molecule has 0 saturated heterocycles. The van der Waals surface area contributed by atoms with Gasteiger partial charge in [0.2, 0.25) is 0 Å². The third kappa shape index (κ3) is 2.41. The van der Waals surface area contributed by atoms with Crippen LogP contribution in [0.15, 0.2) is 53.2 Å². The molecule has 0 radical (unpaired) electrons. The van der Waals surface area contributed by atoms with Crippen molar-refractivity contribution < 1.29 is 14.4 Å². The number of aryl methyl sites for hydroxylation is 1. The lowest BCUT2D eigenvalue weighted by atomic mass is 10.0. The zero-order chi connectivity index (χ0) is 14.8. The molecule has 0 spiro atoms. The van der Waals surface area contributed by atoms with E-state index < -0.39 is 5.97 Å². The van der Waals surface area contributed by atoms with Gasteiger partial charge < -0.3 is 9.63 Å². The first kappa shape index (κ1) is 13.1. The molecular weight excluding hydrogens is 268 g/mol.